The molecule has 1 atom stereocenters. The van der Waals surface area contributed by atoms with Crippen LogP contribution in [0.5, 0.6) is 17.2 Å². The molecule has 0 amide bonds. The van der Waals surface area contributed by atoms with Gasteiger partial charge in [-0.05, 0) is 100 Å². The van der Waals surface area contributed by atoms with Gasteiger partial charge >= 0.3 is 11.8 Å². The summed E-state index contributed by atoms with van der Waals surface area (Å²) in [4.78, 5) is 23.1. The SMILES string of the molecule is CC(CCN1C=C(Oc2ccccc2)C=C2C1=N/C(=C\C=C\C1=Nc3c(cc(Oc4ccccc4)c[n+]3CCCCCC(=O)O)C1(C)C)C2(C)C)S(=O)(=O)[O-]. The van der Waals surface area contributed by atoms with Crippen molar-refractivity contribution in [2.24, 2.45) is 15.4 Å². The van der Waals surface area contributed by atoms with E-state index in [4.69, 9.17) is 24.6 Å². The van der Waals surface area contributed by atoms with Crippen molar-refractivity contribution >= 4 is 33.5 Å². The van der Waals surface area contributed by atoms with Crippen LogP contribution >= 0.6 is 0 Å². The smallest absolute Gasteiger partial charge is 0.327 e. The molecule has 2 aromatic carbocycles. The minimum absolute atomic E-state index is 0.128. The number of ether oxygens (including phenoxy) is 2. The van der Waals surface area contributed by atoms with Gasteiger partial charge < -0.3 is 24.0 Å². The Hall–Kier alpha value is -5.33. The lowest BCUT2D eigenvalue weighted by molar-refractivity contribution is -0.685. The first-order valence-corrected chi connectivity index (χ1v) is 20.1. The second-order valence-corrected chi connectivity index (χ2v) is 16.9. The number of carboxylic acid groups (broad SMARTS) is 1. The van der Waals surface area contributed by atoms with Gasteiger partial charge in [-0.15, -0.1) is 0 Å². The molecule has 11 nitrogen and oxygen atoms in total. The number of aliphatic carboxylic acids is 1. The molecule has 0 fully saturated rings. The monoisotopic (exact) mass is 764 g/mol. The number of allylic oxidation sites excluding steroid dienone is 5. The highest BCUT2D eigenvalue weighted by atomic mass is 32.2. The molecule has 3 aliphatic heterocycles. The number of pyridine rings is 1. The zero-order valence-corrected chi connectivity index (χ0v) is 32.8. The van der Waals surface area contributed by atoms with Gasteiger partial charge in [-0.25, -0.2) is 18.0 Å². The van der Waals surface area contributed by atoms with Crippen molar-refractivity contribution in [1.29, 1.82) is 0 Å². The average Bonchev–Trinajstić information content (AvgIpc) is 3.54. The number of aromatic nitrogens is 1. The van der Waals surface area contributed by atoms with Crippen LogP contribution in [0.1, 0.15) is 72.3 Å². The molecule has 6 rings (SSSR count). The van der Waals surface area contributed by atoms with Crippen LogP contribution in [0.4, 0.5) is 5.82 Å². The number of aliphatic imine (C=N–C) groups is 2. The summed E-state index contributed by atoms with van der Waals surface area (Å²) in [5.74, 6) is 3.40. The van der Waals surface area contributed by atoms with Crippen molar-refractivity contribution in [3.05, 3.63) is 126 Å². The Morgan fingerprint density at radius 2 is 1.62 bits per heavy atom. The molecule has 0 radical (unpaired) electrons. The van der Waals surface area contributed by atoms with Crippen molar-refractivity contribution in [2.75, 3.05) is 6.54 Å². The molecule has 1 unspecified atom stereocenters. The molecule has 3 aliphatic rings. The molecule has 55 heavy (non-hydrogen) atoms. The normalized spacial score (nSPS) is 18.3. The predicted octanol–water partition coefficient (Wildman–Crippen LogP) is 8.14. The van der Waals surface area contributed by atoms with E-state index in [1.165, 1.54) is 6.92 Å². The zero-order chi connectivity index (χ0) is 39.4. The molecule has 12 heteroatoms. The minimum Gasteiger partial charge on any atom is -0.748 e. The Bertz CT molecular complexity index is 2220. The quantitative estimate of drug-likeness (QED) is 0.0875. The number of carboxylic acids is 1. The molecule has 3 aromatic rings. The van der Waals surface area contributed by atoms with Crippen molar-refractivity contribution in [1.82, 2.24) is 4.90 Å². The third-order valence-corrected chi connectivity index (χ3v) is 11.5. The molecular formula is C43H48N4O7S. The van der Waals surface area contributed by atoms with Gasteiger partial charge in [0.1, 0.15) is 29.3 Å². The first-order valence-electron chi connectivity index (χ1n) is 18.6. The van der Waals surface area contributed by atoms with Gasteiger partial charge in [0.2, 0.25) is 0 Å². The van der Waals surface area contributed by atoms with E-state index in [1.54, 1.807) is 6.20 Å². The number of unbranched alkanes of at least 4 members (excludes halogenated alkanes) is 2. The average molecular weight is 765 g/mol. The summed E-state index contributed by atoms with van der Waals surface area (Å²) in [5.41, 5.74) is 2.63. The Balaban J connectivity index is 1.28. The van der Waals surface area contributed by atoms with Crippen LogP contribution in [0.2, 0.25) is 0 Å². The third kappa shape index (κ3) is 9.14. The highest BCUT2D eigenvalue weighted by Gasteiger charge is 2.44. The van der Waals surface area contributed by atoms with Crippen LogP contribution < -0.4 is 14.0 Å². The summed E-state index contributed by atoms with van der Waals surface area (Å²) in [7, 11) is -4.44. The lowest BCUT2D eigenvalue weighted by Gasteiger charge is -2.31. The van der Waals surface area contributed by atoms with E-state index in [2.05, 4.69) is 32.3 Å². The van der Waals surface area contributed by atoms with Crippen LogP contribution in [-0.2, 0) is 26.9 Å². The van der Waals surface area contributed by atoms with Gasteiger partial charge in [0.25, 0.3) is 0 Å². The highest BCUT2D eigenvalue weighted by Crippen LogP contribution is 2.46. The fourth-order valence-electron chi connectivity index (χ4n) is 6.80. The fraction of sp³-hybridized carbons (Fsp3) is 0.349. The van der Waals surface area contributed by atoms with Crippen LogP contribution in [0, 0.1) is 5.41 Å². The molecule has 4 heterocycles. The molecule has 0 saturated carbocycles. The number of rotatable bonds is 16. The largest absolute Gasteiger partial charge is 0.748 e. The van der Waals surface area contributed by atoms with E-state index in [0.717, 1.165) is 47.0 Å². The van der Waals surface area contributed by atoms with Crippen molar-refractivity contribution in [3.63, 3.8) is 0 Å². The van der Waals surface area contributed by atoms with E-state index in [0.29, 0.717) is 36.1 Å². The van der Waals surface area contributed by atoms with Crippen LogP contribution in [0.25, 0.3) is 0 Å². The number of benzene rings is 2. The number of amidine groups is 1. The standard InChI is InChI=1S/C43H48N4O7S/c1-30(55(50,51)52)23-25-47-29-34(54-32-18-11-7-12-19-32)27-36-41(47)45-38(43(36,4)5)21-15-20-37-42(2,3)35-26-33(53-31-16-9-6-10-17-31)28-46(40(35)44-37)24-14-8-13-22-39(48)49/h6-7,9-12,15-21,26-30H,8,13-14,22-25H2,1-5H3,(H-,48,49,50,51,52). The maximum atomic E-state index is 11.7. The number of nitrogens with zero attached hydrogens (tertiary/aromatic N) is 4. The van der Waals surface area contributed by atoms with Crippen LogP contribution in [-0.4, -0.2) is 52.3 Å². The molecule has 1 aromatic heterocycles. The molecule has 0 aliphatic carbocycles. The molecule has 0 spiro atoms. The van der Waals surface area contributed by atoms with Crippen LogP contribution in [0.3, 0.4) is 0 Å². The van der Waals surface area contributed by atoms with Gasteiger partial charge in [-0.1, -0.05) is 56.3 Å². The number of para-hydroxylation sites is 2. The van der Waals surface area contributed by atoms with Crippen molar-refractivity contribution in [3.8, 4) is 17.2 Å². The van der Waals surface area contributed by atoms with Gasteiger partial charge in [0.05, 0.1) is 33.3 Å². The summed E-state index contributed by atoms with van der Waals surface area (Å²) >= 11 is 0. The summed E-state index contributed by atoms with van der Waals surface area (Å²) in [6.07, 6.45) is 14.2. The highest BCUT2D eigenvalue weighted by molar-refractivity contribution is 7.86. The first kappa shape index (κ1) is 39.4. The molecule has 0 saturated heterocycles. The van der Waals surface area contributed by atoms with Gasteiger partial charge in [0.15, 0.2) is 11.5 Å². The fourth-order valence-corrected chi connectivity index (χ4v) is 7.20. The van der Waals surface area contributed by atoms with E-state index >= 15 is 0 Å². The van der Waals surface area contributed by atoms with Crippen molar-refractivity contribution < 1.29 is 36.9 Å². The number of fused-ring (bicyclic) bond motifs is 2. The van der Waals surface area contributed by atoms with E-state index in [9.17, 15) is 17.8 Å². The van der Waals surface area contributed by atoms with E-state index in [1.807, 2.05) is 102 Å². The molecule has 1 N–H and O–H groups in total. The van der Waals surface area contributed by atoms with E-state index < -0.39 is 32.2 Å². The van der Waals surface area contributed by atoms with Crippen molar-refractivity contribution in [2.45, 2.75) is 83.9 Å². The van der Waals surface area contributed by atoms with Crippen LogP contribution in [0.15, 0.2) is 130 Å². The Labute approximate surface area is 323 Å². The number of aryl methyl sites for hydroxylation is 1. The summed E-state index contributed by atoms with van der Waals surface area (Å²) < 4.78 is 49.8. The molecule has 0 bridgehead atoms. The number of carbonyl (C=O) groups is 1. The predicted molar refractivity (Wildman–Crippen MR) is 212 cm³/mol. The maximum absolute atomic E-state index is 11.7. The minimum atomic E-state index is -4.44. The number of hydrogen-bond donors (Lipinski definition) is 1. The van der Waals surface area contributed by atoms with Gasteiger partial charge in [0, 0.05) is 35.4 Å². The first-order chi connectivity index (χ1) is 26.1. The lowest BCUT2D eigenvalue weighted by Crippen LogP contribution is -2.35. The maximum Gasteiger partial charge on any atom is 0.327 e. The Morgan fingerprint density at radius 1 is 0.945 bits per heavy atom. The molecular weight excluding hydrogens is 717 g/mol. The van der Waals surface area contributed by atoms with E-state index in [-0.39, 0.29) is 19.4 Å². The zero-order valence-electron chi connectivity index (χ0n) is 31.9. The summed E-state index contributed by atoms with van der Waals surface area (Å²) in [5, 5.41) is 8.02. The second kappa shape index (κ2) is 16.2. The topological polar surface area (TPSA) is 145 Å². The van der Waals surface area contributed by atoms with Gasteiger partial charge in [-0.3, -0.25) is 4.79 Å². The lowest BCUT2D eigenvalue weighted by atomic mass is 9.81. The second-order valence-electron chi connectivity index (χ2n) is 15.1. The Kier molecular flexibility index (Phi) is 11.6. The third-order valence-electron chi connectivity index (χ3n) is 10.3. The number of hydrogen-bond acceptors (Lipinski definition) is 9. The summed E-state index contributed by atoms with van der Waals surface area (Å²) in [6, 6.07) is 21.1. The molecule has 288 valence electrons. The van der Waals surface area contributed by atoms with Gasteiger partial charge in [-0.2, -0.15) is 0 Å². The summed E-state index contributed by atoms with van der Waals surface area (Å²) in [6.45, 7) is 10.8. The Morgan fingerprint density at radius 3 is 2.27 bits per heavy atom.